The molecule has 16 heavy (non-hydrogen) atoms. The van der Waals surface area contributed by atoms with Gasteiger partial charge in [0, 0.05) is 19.2 Å². The first-order chi connectivity index (χ1) is 7.54. The highest BCUT2D eigenvalue weighted by Gasteiger charge is 2.13. The average molecular weight is 242 g/mol. The van der Waals surface area contributed by atoms with Crippen molar-refractivity contribution < 1.29 is 4.92 Å². The van der Waals surface area contributed by atoms with Gasteiger partial charge in [0.05, 0.1) is 10.6 Å². The maximum atomic E-state index is 10.4. The van der Waals surface area contributed by atoms with E-state index in [4.69, 9.17) is 11.6 Å². The zero-order valence-electron chi connectivity index (χ0n) is 8.98. The molecule has 0 bridgehead atoms. The lowest BCUT2D eigenvalue weighted by atomic mass is 10.00. The fraction of sp³-hybridized carbons (Fsp3) is 0.300. The van der Waals surface area contributed by atoms with Crippen molar-refractivity contribution in [1.29, 1.82) is 0 Å². The van der Waals surface area contributed by atoms with Crippen LogP contribution in [0, 0.1) is 10.1 Å². The van der Waals surface area contributed by atoms with E-state index in [-0.39, 0.29) is 5.92 Å². The van der Waals surface area contributed by atoms with Gasteiger partial charge in [-0.3, -0.25) is 10.1 Å². The van der Waals surface area contributed by atoms with E-state index in [0.717, 1.165) is 11.8 Å². The first-order valence-corrected chi connectivity index (χ1v) is 5.06. The van der Waals surface area contributed by atoms with E-state index in [2.05, 4.69) is 10.3 Å². The molecule has 0 aliphatic carbocycles. The summed E-state index contributed by atoms with van der Waals surface area (Å²) < 4.78 is 0. The Hall–Kier alpha value is -1.62. The fourth-order valence-corrected chi connectivity index (χ4v) is 1.44. The Morgan fingerprint density at radius 2 is 2.38 bits per heavy atom. The van der Waals surface area contributed by atoms with Crippen molar-refractivity contribution >= 4 is 11.6 Å². The van der Waals surface area contributed by atoms with Gasteiger partial charge >= 0.3 is 0 Å². The lowest BCUT2D eigenvalue weighted by molar-refractivity contribution is -0.404. The highest BCUT2D eigenvalue weighted by atomic mass is 35.5. The van der Waals surface area contributed by atoms with Crippen LogP contribution < -0.4 is 5.32 Å². The van der Waals surface area contributed by atoms with Crippen LogP contribution in [-0.2, 0) is 0 Å². The lowest BCUT2D eigenvalue weighted by Gasteiger charge is -2.13. The quantitative estimate of drug-likeness (QED) is 0.498. The van der Waals surface area contributed by atoms with Gasteiger partial charge in [-0.25, -0.2) is 4.98 Å². The number of halogens is 1. The summed E-state index contributed by atoms with van der Waals surface area (Å²) in [5, 5.41) is 13.6. The molecule has 0 aliphatic rings. The third-order valence-electron chi connectivity index (χ3n) is 2.25. The first-order valence-electron chi connectivity index (χ1n) is 4.69. The second-order valence-corrected chi connectivity index (χ2v) is 3.64. The topological polar surface area (TPSA) is 68.1 Å². The Kier molecular flexibility index (Phi) is 4.25. The van der Waals surface area contributed by atoms with Crippen LogP contribution in [0.3, 0.4) is 0 Å². The molecule has 1 heterocycles. The van der Waals surface area contributed by atoms with E-state index in [1.165, 1.54) is 0 Å². The summed E-state index contributed by atoms with van der Waals surface area (Å²) in [6, 6.07) is 3.46. The van der Waals surface area contributed by atoms with Crippen molar-refractivity contribution in [3.05, 3.63) is 51.1 Å². The number of likely N-dealkylation sites (N-methyl/N-ethyl adjacent to an activating group) is 1. The van der Waals surface area contributed by atoms with E-state index in [1.54, 1.807) is 25.4 Å². The molecule has 0 spiro atoms. The normalized spacial score (nSPS) is 13.3. The van der Waals surface area contributed by atoms with E-state index < -0.39 is 4.92 Å². The maximum absolute atomic E-state index is 10.4. The number of hydrogen-bond donors (Lipinski definition) is 1. The molecule has 0 saturated heterocycles. The summed E-state index contributed by atoms with van der Waals surface area (Å²) in [7, 11) is 1.65. The molecule has 0 aliphatic heterocycles. The van der Waals surface area contributed by atoms with Crippen molar-refractivity contribution in [1.82, 2.24) is 10.3 Å². The van der Waals surface area contributed by atoms with Crippen LogP contribution in [0.1, 0.15) is 18.4 Å². The zero-order chi connectivity index (χ0) is 12.1. The lowest BCUT2D eigenvalue weighted by Crippen LogP contribution is -2.14. The summed E-state index contributed by atoms with van der Waals surface area (Å²) in [5.74, 6) is -0.125. The molecule has 0 radical (unpaired) electrons. The molecule has 1 rings (SSSR count). The third kappa shape index (κ3) is 3.20. The number of aromatic nitrogens is 1. The minimum Gasteiger partial charge on any atom is -0.386 e. The number of rotatable bonds is 4. The van der Waals surface area contributed by atoms with Crippen LogP contribution in [0.5, 0.6) is 0 Å². The van der Waals surface area contributed by atoms with Crippen LogP contribution in [0.4, 0.5) is 0 Å². The molecule has 6 heteroatoms. The van der Waals surface area contributed by atoms with Crippen molar-refractivity contribution in [2.75, 3.05) is 7.05 Å². The average Bonchev–Trinajstić information content (AvgIpc) is 2.25. The summed E-state index contributed by atoms with van der Waals surface area (Å²) in [5.41, 5.74) is 1.39. The molecule has 1 unspecified atom stereocenters. The van der Waals surface area contributed by atoms with Crippen molar-refractivity contribution in [2.45, 2.75) is 12.8 Å². The molecular weight excluding hydrogens is 230 g/mol. The van der Waals surface area contributed by atoms with Crippen molar-refractivity contribution in [2.24, 2.45) is 0 Å². The maximum Gasteiger partial charge on any atom is 0.253 e. The number of allylic oxidation sites excluding steroid dienone is 1. The Morgan fingerprint density at radius 1 is 1.69 bits per heavy atom. The van der Waals surface area contributed by atoms with Gasteiger partial charge in [-0.15, -0.1) is 0 Å². The Labute approximate surface area is 98.3 Å². The summed E-state index contributed by atoms with van der Waals surface area (Å²) in [6.45, 7) is 1.86. The van der Waals surface area contributed by atoms with Gasteiger partial charge in [0.15, 0.2) is 0 Å². The smallest absolute Gasteiger partial charge is 0.253 e. The molecule has 86 valence electrons. The second-order valence-electron chi connectivity index (χ2n) is 3.26. The molecule has 1 aromatic rings. The third-order valence-corrected chi connectivity index (χ3v) is 2.47. The molecule has 0 aromatic carbocycles. The summed E-state index contributed by atoms with van der Waals surface area (Å²) in [4.78, 5) is 13.9. The van der Waals surface area contributed by atoms with Gasteiger partial charge in [0.1, 0.15) is 5.15 Å². The molecular formula is C10H12ClN3O2. The predicted molar refractivity (Wildman–Crippen MR) is 61.8 cm³/mol. The van der Waals surface area contributed by atoms with Gasteiger partial charge in [0.25, 0.3) is 6.20 Å². The Bertz CT molecular complexity index is 403. The van der Waals surface area contributed by atoms with E-state index >= 15 is 0 Å². The number of nitrogens with one attached hydrogen (secondary N) is 1. The van der Waals surface area contributed by atoms with E-state index in [0.29, 0.717) is 10.9 Å². The minimum absolute atomic E-state index is 0.125. The van der Waals surface area contributed by atoms with Gasteiger partial charge in [0.2, 0.25) is 0 Å². The van der Waals surface area contributed by atoms with Crippen LogP contribution in [0.15, 0.2) is 30.2 Å². The Balaban J connectivity index is 2.95. The molecule has 0 fully saturated rings. The predicted octanol–water partition coefficient (Wildman–Crippen LogP) is 2.18. The molecule has 1 atom stereocenters. The SMILES string of the molecule is CN/C(=C\[N+](=O)[O-])C(C)c1ccc(Cl)nc1. The van der Waals surface area contributed by atoms with E-state index in [1.807, 2.05) is 6.92 Å². The molecule has 1 aromatic heterocycles. The molecule has 5 nitrogen and oxygen atoms in total. The highest BCUT2D eigenvalue weighted by Crippen LogP contribution is 2.21. The second kappa shape index (κ2) is 5.46. The van der Waals surface area contributed by atoms with Crippen molar-refractivity contribution in [3.8, 4) is 0 Å². The number of hydrogen-bond acceptors (Lipinski definition) is 4. The van der Waals surface area contributed by atoms with Gasteiger partial charge in [-0.1, -0.05) is 24.6 Å². The Morgan fingerprint density at radius 3 is 2.81 bits per heavy atom. The van der Waals surface area contributed by atoms with Crippen LogP contribution in [-0.4, -0.2) is 17.0 Å². The fourth-order valence-electron chi connectivity index (χ4n) is 1.33. The van der Waals surface area contributed by atoms with Crippen LogP contribution in [0.25, 0.3) is 0 Å². The van der Waals surface area contributed by atoms with Gasteiger partial charge < -0.3 is 5.32 Å². The van der Waals surface area contributed by atoms with Crippen LogP contribution >= 0.6 is 11.6 Å². The molecule has 1 N–H and O–H groups in total. The largest absolute Gasteiger partial charge is 0.386 e. The number of nitrogens with zero attached hydrogens (tertiary/aromatic N) is 2. The highest BCUT2D eigenvalue weighted by molar-refractivity contribution is 6.29. The number of nitro groups is 1. The standard InChI is InChI=1S/C10H12ClN3O2/c1-7(9(12-2)6-14(15)16)8-3-4-10(11)13-5-8/h3-7,12H,1-2H3/b9-6-. The van der Waals surface area contributed by atoms with Gasteiger partial charge in [-0.2, -0.15) is 0 Å². The minimum atomic E-state index is -0.480. The number of pyridine rings is 1. The van der Waals surface area contributed by atoms with Crippen molar-refractivity contribution in [3.63, 3.8) is 0 Å². The molecule has 0 amide bonds. The first kappa shape index (κ1) is 12.4. The monoisotopic (exact) mass is 241 g/mol. The van der Waals surface area contributed by atoms with Crippen LogP contribution in [0.2, 0.25) is 5.15 Å². The summed E-state index contributed by atoms with van der Waals surface area (Å²) in [6.07, 6.45) is 2.57. The van der Waals surface area contributed by atoms with E-state index in [9.17, 15) is 10.1 Å². The zero-order valence-corrected chi connectivity index (χ0v) is 9.73. The van der Waals surface area contributed by atoms with Gasteiger partial charge in [-0.05, 0) is 11.6 Å². The summed E-state index contributed by atoms with van der Waals surface area (Å²) >= 11 is 5.66. The molecule has 0 saturated carbocycles.